The van der Waals surface area contributed by atoms with Crippen LogP contribution in [-0.4, -0.2) is 25.7 Å². The Morgan fingerprint density at radius 1 is 1.19 bits per heavy atom. The topological polar surface area (TPSA) is 38.3 Å². The van der Waals surface area contributed by atoms with Crippen LogP contribution in [0, 0.1) is 5.92 Å². The quantitative estimate of drug-likeness (QED) is 0.585. The Labute approximate surface area is 99.9 Å². The summed E-state index contributed by atoms with van der Waals surface area (Å²) < 4.78 is 5.25. The summed E-state index contributed by atoms with van der Waals surface area (Å²) in [5.41, 5.74) is 0. The highest BCUT2D eigenvalue weighted by Gasteiger charge is 2.08. The molecule has 0 aliphatic heterocycles. The van der Waals surface area contributed by atoms with Gasteiger partial charge >= 0.3 is 0 Å². The van der Waals surface area contributed by atoms with Gasteiger partial charge in [-0.3, -0.25) is 4.79 Å². The van der Waals surface area contributed by atoms with Crippen molar-refractivity contribution < 1.29 is 9.53 Å². The lowest BCUT2D eigenvalue weighted by atomic mass is 10.1. The van der Waals surface area contributed by atoms with Gasteiger partial charge in [0.25, 0.3) is 0 Å². The monoisotopic (exact) mass is 229 g/mol. The van der Waals surface area contributed by atoms with Gasteiger partial charge in [-0.15, -0.1) is 0 Å². The number of carbonyl (C=O) groups is 1. The molecule has 0 aromatic carbocycles. The molecule has 16 heavy (non-hydrogen) atoms. The zero-order valence-corrected chi connectivity index (χ0v) is 11.1. The third-order valence-corrected chi connectivity index (χ3v) is 2.78. The summed E-state index contributed by atoms with van der Waals surface area (Å²) >= 11 is 0. The third kappa shape index (κ3) is 8.72. The van der Waals surface area contributed by atoms with E-state index in [1.165, 1.54) is 12.8 Å². The summed E-state index contributed by atoms with van der Waals surface area (Å²) in [7, 11) is 0. The second-order valence-corrected chi connectivity index (χ2v) is 4.21. The maximum absolute atomic E-state index is 11.4. The van der Waals surface area contributed by atoms with Crippen molar-refractivity contribution in [2.24, 2.45) is 5.92 Å². The molecule has 1 amide bonds. The SMILES string of the molecule is CCOCCCCCCNC(=O)C(C)CC. The van der Waals surface area contributed by atoms with Gasteiger partial charge in [-0.1, -0.05) is 26.7 Å². The summed E-state index contributed by atoms with van der Waals surface area (Å²) in [4.78, 5) is 11.4. The molecule has 0 aliphatic carbocycles. The van der Waals surface area contributed by atoms with E-state index in [2.05, 4.69) is 5.32 Å². The largest absolute Gasteiger partial charge is 0.382 e. The molecule has 3 heteroatoms. The van der Waals surface area contributed by atoms with E-state index in [1.54, 1.807) is 0 Å². The number of amides is 1. The molecule has 0 saturated carbocycles. The van der Waals surface area contributed by atoms with Crippen LogP contribution in [0.4, 0.5) is 0 Å². The Hall–Kier alpha value is -0.570. The van der Waals surface area contributed by atoms with E-state index >= 15 is 0 Å². The predicted octanol–water partition coefficient (Wildman–Crippen LogP) is 2.75. The van der Waals surface area contributed by atoms with Gasteiger partial charge in [-0.2, -0.15) is 0 Å². The second-order valence-electron chi connectivity index (χ2n) is 4.21. The van der Waals surface area contributed by atoms with E-state index in [9.17, 15) is 4.79 Å². The van der Waals surface area contributed by atoms with Crippen LogP contribution in [-0.2, 0) is 9.53 Å². The van der Waals surface area contributed by atoms with Crippen LogP contribution in [0.5, 0.6) is 0 Å². The summed E-state index contributed by atoms with van der Waals surface area (Å²) in [6, 6.07) is 0. The molecule has 0 heterocycles. The van der Waals surface area contributed by atoms with Crippen molar-refractivity contribution in [3.8, 4) is 0 Å². The number of ether oxygens (including phenoxy) is 1. The molecule has 1 atom stereocenters. The van der Waals surface area contributed by atoms with E-state index in [-0.39, 0.29) is 11.8 Å². The van der Waals surface area contributed by atoms with Crippen LogP contribution in [0.3, 0.4) is 0 Å². The fourth-order valence-corrected chi connectivity index (χ4v) is 1.40. The first-order valence-corrected chi connectivity index (χ1v) is 6.57. The molecular formula is C13H27NO2. The van der Waals surface area contributed by atoms with Crippen molar-refractivity contribution in [3.05, 3.63) is 0 Å². The van der Waals surface area contributed by atoms with E-state index in [4.69, 9.17) is 4.74 Å². The van der Waals surface area contributed by atoms with E-state index in [1.807, 2.05) is 20.8 Å². The molecule has 0 aromatic heterocycles. The van der Waals surface area contributed by atoms with Crippen LogP contribution in [0.15, 0.2) is 0 Å². The number of hydrogen-bond acceptors (Lipinski definition) is 2. The number of hydrogen-bond donors (Lipinski definition) is 1. The predicted molar refractivity (Wildman–Crippen MR) is 67.4 cm³/mol. The molecular weight excluding hydrogens is 202 g/mol. The number of carbonyl (C=O) groups excluding carboxylic acids is 1. The molecule has 0 rings (SSSR count). The number of rotatable bonds is 10. The first-order chi connectivity index (χ1) is 7.72. The molecule has 3 nitrogen and oxygen atoms in total. The molecule has 0 radical (unpaired) electrons. The van der Waals surface area contributed by atoms with Crippen LogP contribution in [0.25, 0.3) is 0 Å². The average Bonchev–Trinajstić information content (AvgIpc) is 2.31. The molecule has 1 unspecified atom stereocenters. The molecule has 0 aliphatic rings. The van der Waals surface area contributed by atoms with Gasteiger partial charge in [0.2, 0.25) is 5.91 Å². The van der Waals surface area contributed by atoms with Crippen LogP contribution < -0.4 is 5.32 Å². The standard InChI is InChI=1S/C13H27NO2/c1-4-12(3)13(15)14-10-8-6-7-9-11-16-5-2/h12H,4-11H2,1-3H3,(H,14,15). The molecule has 0 bridgehead atoms. The summed E-state index contributed by atoms with van der Waals surface area (Å²) in [5.74, 6) is 0.342. The Morgan fingerprint density at radius 3 is 2.50 bits per heavy atom. The molecule has 0 fully saturated rings. The van der Waals surface area contributed by atoms with Crippen molar-refractivity contribution in [3.63, 3.8) is 0 Å². The van der Waals surface area contributed by atoms with Crippen molar-refractivity contribution in [1.29, 1.82) is 0 Å². The van der Waals surface area contributed by atoms with Crippen molar-refractivity contribution in [1.82, 2.24) is 5.32 Å². The highest BCUT2D eigenvalue weighted by molar-refractivity contribution is 5.78. The summed E-state index contributed by atoms with van der Waals surface area (Å²) in [5, 5.41) is 2.97. The van der Waals surface area contributed by atoms with E-state index < -0.39 is 0 Å². The Kier molecular flexibility index (Phi) is 10.5. The zero-order valence-electron chi connectivity index (χ0n) is 11.1. The van der Waals surface area contributed by atoms with Crippen molar-refractivity contribution in [2.45, 2.75) is 52.9 Å². The van der Waals surface area contributed by atoms with Crippen LogP contribution in [0.1, 0.15) is 52.9 Å². The minimum absolute atomic E-state index is 0.151. The van der Waals surface area contributed by atoms with Crippen LogP contribution in [0.2, 0.25) is 0 Å². The van der Waals surface area contributed by atoms with Crippen LogP contribution >= 0.6 is 0 Å². The molecule has 0 spiro atoms. The lowest BCUT2D eigenvalue weighted by Gasteiger charge is -2.09. The van der Waals surface area contributed by atoms with E-state index in [0.29, 0.717) is 0 Å². The van der Waals surface area contributed by atoms with Gasteiger partial charge in [-0.25, -0.2) is 0 Å². The first kappa shape index (κ1) is 15.4. The fraction of sp³-hybridized carbons (Fsp3) is 0.923. The summed E-state index contributed by atoms with van der Waals surface area (Å²) in [6.07, 6.45) is 5.49. The lowest BCUT2D eigenvalue weighted by molar-refractivity contribution is -0.124. The van der Waals surface area contributed by atoms with Crippen molar-refractivity contribution >= 4 is 5.91 Å². The maximum Gasteiger partial charge on any atom is 0.222 e. The highest BCUT2D eigenvalue weighted by atomic mass is 16.5. The maximum atomic E-state index is 11.4. The van der Waals surface area contributed by atoms with Gasteiger partial charge in [0.1, 0.15) is 0 Å². The van der Waals surface area contributed by atoms with E-state index in [0.717, 1.165) is 39.0 Å². The molecule has 96 valence electrons. The Balaban J connectivity index is 3.18. The Bertz CT molecular complexity index is 171. The van der Waals surface area contributed by atoms with Gasteiger partial charge in [0.05, 0.1) is 0 Å². The number of unbranched alkanes of at least 4 members (excludes halogenated alkanes) is 3. The molecule has 1 N–H and O–H groups in total. The van der Waals surface area contributed by atoms with Gasteiger partial charge in [0.15, 0.2) is 0 Å². The first-order valence-electron chi connectivity index (χ1n) is 6.57. The second kappa shape index (κ2) is 10.9. The van der Waals surface area contributed by atoms with Crippen molar-refractivity contribution in [2.75, 3.05) is 19.8 Å². The highest BCUT2D eigenvalue weighted by Crippen LogP contribution is 2.02. The number of nitrogens with one attached hydrogen (secondary N) is 1. The average molecular weight is 229 g/mol. The zero-order chi connectivity index (χ0) is 12.2. The van der Waals surface area contributed by atoms with Gasteiger partial charge < -0.3 is 10.1 Å². The minimum Gasteiger partial charge on any atom is -0.382 e. The minimum atomic E-state index is 0.151. The molecule has 0 saturated heterocycles. The van der Waals surface area contributed by atoms with Gasteiger partial charge in [0, 0.05) is 25.7 Å². The smallest absolute Gasteiger partial charge is 0.222 e. The molecule has 0 aromatic rings. The fourth-order valence-electron chi connectivity index (χ4n) is 1.40. The normalized spacial score (nSPS) is 12.4. The third-order valence-electron chi connectivity index (χ3n) is 2.78. The van der Waals surface area contributed by atoms with Gasteiger partial charge in [-0.05, 0) is 26.2 Å². The summed E-state index contributed by atoms with van der Waals surface area (Å²) in [6.45, 7) is 8.53. The Morgan fingerprint density at radius 2 is 1.88 bits per heavy atom. The lowest BCUT2D eigenvalue weighted by Crippen LogP contribution is -2.29.